The number of aliphatic hydroxyl groups is 2. The van der Waals surface area contributed by atoms with E-state index in [0.29, 0.717) is 24.1 Å². The second kappa shape index (κ2) is 25.4. The molecule has 0 saturated heterocycles. The van der Waals surface area contributed by atoms with Gasteiger partial charge >= 0.3 is 0 Å². The summed E-state index contributed by atoms with van der Waals surface area (Å²) in [7, 11) is 0. The Kier molecular flexibility index (Phi) is 20.7. The van der Waals surface area contributed by atoms with Crippen LogP contribution in [0, 0.1) is 16.0 Å². The minimum atomic E-state index is -1.62. The predicted octanol–water partition coefficient (Wildman–Crippen LogP) is 2.26. The molecule has 3 aromatic rings. The zero-order chi connectivity index (χ0) is 46.8. The molecule has 0 aliphatic rings. The van der Waals surface area contributed by atoms with Crippen molar-refractivity contribution in [1.82, 2.24) is 31.9 Å². The Labute approximate surface area is 373 Å². The highest BCUT2D eigenvalue weighted by Crippen LogP contribution is 2.20. The number of rotatable bonds is 25. The molecule has 63 heavy (non-hydrogen) atoms. The van der Waals surface area contributed by atoms with Crippen LogP contribution in [0.5, 0.6) is 0 Å². The molecule has 18 nitrogen and oxygen atoms in total. The van der Waals surface area contributed by atoms with E-state index < -0.39 is 88.8 Å². The lowest BCUT2D eigenvalue weighted by atomic mass is 10.0. The molecule has 0 heterocycles. The fourth-order valence-corrected chi connectivity index (χ4v) is 6.85. The van der Waals surface area contributed by atoms with Crippen molar-refractivity contribution in [2.75, 3.05) is 17.6 Å². The number of thiol groups is 1. The molecule has 3 rings (SSSR count). The molecule has 0 spiro atoms. The zero-order valence-corrected chi connectivity index (χ0v) is 37.4. The predicted molar refractivity (Wildman–Crippen MR) is 243 cm³/mol. The summed E-state index contributed by atoms with van der Waals surface area (Å²) in [6, 6.07) is 11.7. The number of nitrogens with zero attached hydrogens (tertiary/aromatic N) is 1. The highest BCUT2D eigenvalue weighted by molar-refractivity contribution is 7.80. The second-order valence-corrected chi connectivity index (χ2v) is 16.3. The lowest BCUT2D eigenvalue weighted by molar-refractivity contribution is -0.384. The Morgan fingerprint density at radius 2 is 1.25 bits per heavy atom. The van der Waals surface area contributed by atoms with E-state index in [1.165, 1.54) is 26.0 Å². The summed E-state index contributed by atoms with van der Waals surface area (Å²) in [6.07, 6.45) is -0.0151. The number of nitrogens with one attached hydrogen (secondary N) is 7. The number of amides is 6. The zero-order valence-electron chi connectivity index (χ0n) is 36.6. The summed E-state index contributed by atoms with van der Waals surface area (Å²) in [4.78, 5) is 91.2. The molecule has 1 unspecified atom stereocenters. The van der Waals surface area contributed by atoms with Crippen molar-refractivity contribution >= 4 is 70.2 Å². The fraction of sp³-hybridized carbons (Fsp3) is 0.500. The molecular weight excluding hydrogens is 833 g/mol. The van der Waals surface area contributed by atoms with E-state index in [1.54, 1.807) is 32.9 Å². The van der Waals surface area contributed by atoms with Crippen molar-refractivity contribution < 1.29 is 43.9 Å². The van der Waals surface area contributed by atoms with Gasteiger partial charge in [-0.05, 0) is 68.0 Å². The number of benzene rings is 3. The van der Waals surface area contributed by atoms with Crippen LogP contribution in [0.2, 0.25) is 0 Å². The Morgan fingerprint density at radius 1 is 0.683 bits per heavy atom. The number of carbonyl (C=O) groups excluding carboxylic acids is 6. The molecule has 8 atom stereocenters. The average Bonchev–Trinajstić information content (AvgIpc) is 3.24. The van der Waals surface area contributed by atoms with Crippen LogP contribution in [0.1, 0.15) is 72.8 Å². The van der Waals surface area contributed by atoms with Gasteiger partial charge in [0.1, 0.15) is 30.2 Å². The number of carbonyl (C=O) groups is 6. The van der Waals surface area contributed by atoms with E-state index in [9.17, 15) is 49.1 Å². The van der Waals surface area contributed by atoms with E-state index >= 15 is 0 Å². The van der Waals surface area contributed by atoms with E-state index in [-0.39, 0.29) is 30.3 Å². The molecule has 0 radical (unpaired) electrons. The van der Waals surface area contributed by atoms with Gasteiger partial charge in [-0.2, -0.15) is 12.6 Å². The number of fused-ring (bicyclic) bond motifs is 1. The number of aliphatic hydroxyl groups excluding tert-OH is 2. The van der Waals surface area contributed by atoms with Gasteiger partial charge in [-0.25, -0.2) is 0 Å². The first-order chi connectivity index (χ1) is 29.9. The van der Waals surface area contributed by atoms with Gasteiger partial charge in [-0.3, -0.25) is 38.9 Å². The Bertz CT molecular complexity index is 2030. The fourth-order valence-electron chi connectivity index (χ4n) is 6.59. The van der Waals surface area contributed by atoms with Gasteiger partial charge < -0.3 is 47.4 Å². The summed E-state index contributed by atoms with van der Waals surface area (Å²) in [5.41, 5.74) is 1.32. The van der Waals surface area contributed by atoms with Crippen molar-refractivity contribution in [3.8, 4) is 0 Å². The lowest BCUT2D eigenvalue weighted by Crippen LogP contribution is -2.63. The largest absolute Gasteiger partial charge is 0.391 e. The van der Waals surface area contributed by atoms with E-state index in [2.05, 4.69) is 49.8 Å². The minimum Gasteiger partial charge on any atom is -0.391 e. The molecule has 0 saturated carbocycles. The molecular formula is C44H62N8O10S. The number of unbranched alkanes of at least 4 members (excludes halogenated alkanes) is 2. The van der Waals surface area contributed by atoms with Crippen molar-refractivity contribution in [2.24, 2.45) is 5.92 Å². The molecule has 0 fully saturated rings. The van der Waals surface area contributed by atoms with E-state index in [1.807, 2.05) is 49.4 Å². The smallest absolute Gasteiger partial charge is 0.269 e. The number of nitro groups is 1. The van der Waals surface area contributed by atoms with E-state index in [0.717, 1.165) is 23.6 Å². The maximum absolute atomic E-state index is 13.9. The number of nitro benzene ring substituents is 1. The van der Waals surface area contributed by atoms with E-state index in [4.69, 9.17) is 0 Å². The van der Waals surface area contributed by atoms with Crippen LogP contribution in [0.15, 0.2) is 66.7 Å². The van der Waals surface area contributed by atoms with Crippen molar-refractivity contribution in [3.05, 3.63) is 82.4 Å². The summed E-state index contributed by atoms with van der Waals surface area (Å²) >= 11 is 4.27. The molecule has 0 aliphatic heterocycles. The van der Waals surface area contributed by atoms with Gasteiger partial charge in [0, 0.05) is 36.5 Å². The van der Waals surface area contributed by atoms with Crippen LogP contribution in [0.25, 0.3) is 10.8 Å². The maximum atomic E-state index is 13.9. The first kappa shape index (κ1) is 51.6. The normalized spacial score (nSPS) is 15.0. The quantitative estimate of drug-likeness (QED) is 0.0255. The van der Waals surface area contributed by atoms with Crippen LogP contribution in [-0.2, 0) is 35.2 Å². The number of hydrogen-bond donors (Lipinski definition) is 10. The van der Waals surface area contributed by atoms with Crippen molar-refractivity contribution in [1.29, 1.82) is 0 Å². The van der Waals surface area contributed by atoms with Crippen molar-refractivity contribution in [2.45, 2.75) is 122 Å². The Morgan fingerprint density at radius 3 is 1.84 bits per heavy atom. The van der Waals surface area contributed by atoms with Gasteiger partial charge in [0.2, 0.25) is 35.4 Å². The SMILES string of the molecule is CCCCCC(=O)N[C@H](C(=O)N[C@@H](CS)C(=O)N[C@H](C(=O)N[C@H](C(=O)N[C@H](C(=O)NCCc1ccc([N+](=O)[O-])cc1)[C@@H](C)O)C(C)C)[C@@H](C)O)C(C)Nc1ccc2ccccc2c1. The highest BCUT2D eigenvalue weighted by atomic mass is 32.1. The van der Waals surface area contributed by atoms with Gasteiger partial charge in [-0.1, -0.05) is 76.1 Å². The third-order valence-corrected chi connectivity index (χ3v) is 10.7. The molecule has 6 amide bonds. The number of anilines is 1. The topological polar surface area (TPSA) is 270 Å². The summed E-state index contributed by atoms with van der Waals surface area (Å²) in [5, 5.41) is 52.7. The first-order valence-corrected chi connectivity index (χ1v) is 21.7. The Hall–Kier alpha value is -5.79. The minimum absolute atomic E-state index is 0.0825. The third-order valence-electron chi connectivity index (χ3n) is 10.3. The number of non-ortho nitro benzene ring substituents is 1. The summed E-state index contributed by atoms with van der Waals surface area (Å²) < 4.78 is 0. The summed E-state index contributed by atoms with van der Waals surface area (Å²) in [6.45, 7) is 9.58. The standard InChI is InChI=1S/C44H62N8O10S/c1-7-8-9-14-35(55)48-37(26(4)46-32-18-17-30-12-10-11-13-31(30)23-32)43(59)47-34(24-63)40(56)50-39(28(6)54)44(60)49-36(25(2)3)42(58)51-38(27(5)53)41(57)45-22-21-29-15-19-33(20-16-29)52(61)62/h10-13,15-20,23,25-28,34,36-39,46,53-54,63H,7-9,14,21-22,24H2,1-6H3,(H,45,57)(H,47,59)(H,48,55)(H,49,60)(H,50,56)(H,51,58)/t26?,27-,28-,34+,36+,37+,38+,39+/m1/s1. The first-order valence-electron chi connectivity index (χ1n) is 21.1. The molecule has 19 heteroatoms. The monoisotopic (exact) mass is 894 g/mol. The maximum Gasteiger partial charge on any atom is 0.269 e. The summed E-state index contributed by atoms with van der Waals surface area (Å²) in [5.74, 6) is -5.26. The highest BCUT2D eigenvalue weighted by Gasteiger charge is 2.36. The van der Waals surface area contributed by atoms with Gasteiger partial charge in [-0.15, -0.1) is 0 Å². The van der Waals surface area contributed by atoms with Crippen molar-refractivity contribution in [3.63, 3.8) is 0 Å². The van der Waals surface area contributed by atoms with Crippen LogP contribution < -0.4 is 37.2 Å². The molecule has 0 aliphatic carbocycles. The van der Waals surface area contributed by atoms with Crippen LogP contribution in [0.4, 0.5) is 11.4 Å². The molecule has 0 aromatic heterocycles. The third kappa shape index (κ3) is 16.1. The second-order valence-electron chi connectivity index (χ2n) is 15.9. The number of hydrogen-bond acceptors (Lipinski definition) is 12. The molecule has 344 valence electrons. The van der Waals surface area contributed by atoms with Gasteiger partial charge in [0.15, 0.2) is 0 Å². The van der Waals surface area contributed by atoms with Crippen LogP contribution in [0.3, 0.4) is 0 Å². The van der Waals surface area contributed by atoms with Gasteiger partial charge in [0.25, 0.3) is 5.69 Å². The molecule has 0 bridgehead atoms. The van der Waals surface area contributed by atoms with Crippen LogP contribution in [-0.4, -0.2) is 111 Å². The van der Waals surface area contributed by atoms with Crippen LogP contribution >= 0.6 is 12.6 Å². The lowest BCUT2D eigenvalue weighted by Gasteiger charge is -2.30. The molecule has 9 N–H and O–H groups in total. The molecule has 3 aromatic carbocycles. The Balaban J connectivity index is 1.69. The van der Waals surface area contributed by atoms with Gasteiger partial charge in [0.05, 0.1) is 23.2 Å². The average molecular weight is 895 g/mol.